The van der Waals surface area contributed by atoms with E-state index in [9.17, 15) is 18.0 Å². The number of H-pyrrole nitrogens is 1. The van der Waals surface area contributed by atoms with Gasteiger partial charge in [0.2, 0.25) is 0 Å². The number of aromatic nitrogens is 2. The molecule has 0 saturated carbocycles. The minimum atomic E-state index is -4.42. The molecule has 146 valence electrons. The maximum absolute atomic E-state index is 12.7. The van der Waals surface area contributed by atoms with E-state index in [2.05, 4.69) is 20.4 Å². The summed E-state index contributed by atoms with van der Waals surface area (Å²) in [6, 6.07) is 6.17. The Labute approximate surface area is 154 Å². The van der Waals surface area contributed by atoms with Gasteiger partial charge < -0.3 is 15.0 Å². The van der Waals surface area contributed by atoms with Gasteiger partial charge in [-0.1, -0.05) is 6.07 Å². The van der Waals surface area contributed by atoms with Gasteiger partial charge in [-0.3, -0.25) is 9.89 Å². The molecule has 6 nitrogen and oxygen atoms in total. The molecule has 2 N–H and O–H groups in total. The van der Waals surface area contributed by atoms with Crippen LogP contribution in [0.2, 0.25) is 0 Å². The Morgan fingerprint density at radius 1 is 1.41 bits per heavy atom. The van der Waals surface area contributed by atoms with Gasteiger partial charge in [0.25, 0.3) is 5.91 Å². The lowest BCUT2D eigenvalue weighted by Crippen LogP contribution is -2.30. The molecule has 1 saturated heterocycles. The summed E-state index contributed by atoms with van der Waals surface area (Å²) in [6.45, 7) is 2.55. The number of amides is 1. The number of alkyl halides is 3. The van der Waals surface area contributed by atoms with Crippen molar-refractivity contribution >= 4 is 5.91 Å². The highest BCUT2D eigenvalue weighted by atomic mass is 19.4. The van der Waals surface area contributed by atoms with Crippen LogP contribution in [0.3, 0.4) is 0 Å². The zero-order chi connectivity index (χ0) is 19.4. The fraction of sp³-hybridized carbons (Fsp3) is 0.444. The first-order valence-corrected chi connectivity index (χ1v) is 8.62. The zero-order valence-electron chi connectivity index (χ0n) is 14.8. The predicted molar refractivity (Wildman–Crippen MR) is 92.3 cm³/mol. The number of benzene rings is 1. The SMILES string of the molecule is CN1CC[C@@H](CNC(=O)c2cc(COc3cccc(C(F)(F)F)c3)[nH]n2)C1. The van der Waals surface area contributed by atoms with E-state index < -0.39 is 11.7 Å². The van der Waals surface area contributed by atoms with Gasteiger partial charge >= 0.3 is 6.18 Å². The fourth-order valence-corrected chi connectivity index (χ4v) is 3.00. The number of carbonyl (C=O) groups is 1. The third-order valence-corrected chi connectivity index (χ3v) is 4.46. The van der Waals surface area contributed by atoms with Crippen LogP contribution in [0.1, 0.15) is 28.2 Å². The second-order valence-electron chi connectivity index (χ2n) is 6.72. The topological polar surface area (TPSA) is 70.2 Å². The van der Waals surface area contributed by atoms with Gasteiger partial charge in [0.05, 0.1) is 11.3 Å². The van der Waals surface area contributed by atoms with E-state index in [0.29, 0.717) is 18.2 Å². The van der Waals surface area contributed by atoms with E-state index in [1.165, 1.54) is 18.2 Å². The summed E-state index contributed by atoms with van der Waals surface area (Å²) in [6.07, 6.45) is -3.37. The Bertz CT molecular complexity index is 791. The molecule has 2 heterocycles. The van der Waals surface area contributed by atoms with E-state index in [1.807, 2.05) is 7.05 Å². The van der Waals surface area contributed by atoms with E-state index in [0.717, 1.165) is 31.6 Å². The first-order valence-electron chi connectivity index (χ1n) is 8.62. The second kappa shape index (κ2) is 7.99. The first-order chi connectivity index (χ1) is 12.8. The third-order valence-electron chi connectivity index (χ3n) is 4.46. The van der Waals surface area contributed by atoms with Crippen LogP contribution in [0.5, 0.6) is 5.75 Å². The highest BCUT2D eigenvalue weighted by molar-refractivity contribution is 5.92. The van der Waals surface area contributed by atoms with Gasteiger partial charge in [0.15, 0.2) is 0 Å². The van der Waals surface area contributed by atoms with Gasteiger partial charge in [-0.05, 0) is 50.2 Å². The van der Waals surface area contributed by atoms with Crippen LogP contribution in [0.25, 0.3) is 0 Å². The zero-order valence-corrected chi connectivity index (χ0v) is 14.8. The van der Waals surface area contributed by atoms with Gasteiger partial charge in [0, 0.05) is 13.1 Å². The summed E-state index contributed by atoms with van der Waals surface area (Å²) in [7, 11) is 2.05. The van der Waals surface area contributed by atoms with Crippen LogP contribution in [0, 0.1) is 5.92 Å². The van der Waals surface area contributed by atoms with E-state index in [-0.39, 0.29) is 24.0 Å². The Hall–Kier alpha value is -2.55. The number of ether oxygens (including phenoxy) is 1. The van der Waals surface area contributed by atoms with Gasteiger partial charge in [0.1, 0.15) is 18.1 Å². The summed E-state index contributed by atoms with van der Waals surface area (Å²) < 4.78 is 43.5. The molecule has 1 aliphatic heterocycles. The number of nitrogens with one attached hydrogen (secondary N) is 2. The number of hydrogen-bond donors (Lipinski definition) is 2. The predicted octanol–water partition coefficient (Wildman–Crippen LogP) is 2.69. The Morgan fingerprint density at radius 3 is 2.93 bits per heavy atom. The molecule has 1 atom stereocenters. The minimum Gasteiger partial charge on any atom is -0.487 e. The van der Waals surface area contributed by atoms with E-state index >= 15 is 0 Å². The van der Waals surface area contributed by atoms with Gasteiger partial charge in [-0.25, -0.2) is 0 Å². The molecule has 1 amide bonds. The van der Waals surface area contributed by atoms with Gasteiger partial charge in [-0.2, -0.15) is 18.3 Å². The molecule has 1 aromatic heterocycles. The maximum atomic E-state index is 12.7. The Balaban J connectivity index is 1.51. The molecule has 1 fully saturated rings. The van der Waals surface area contributed by atoms with E-state index in [4.69, 9.17) is 4.74 Å². The largest absolute Gasteiger partial charge is 0.487 e. The Morgan fingerprint density at radius 2 is 2.22 bits per heavy atom. The average Bonchev–Trinajstić information content (AvgIpc) is 3.26. The van der Waals surface area contributed by atoms with Crippen molar-refractivity contribution in [3.63, 3.8) is 0 Å². The third kappa shape index (κ3) is 5.22. The molecule has 2 aromatic rings. The molecule has 27 heavy (non-hydrogen) atoms. The molecular weight excluding hydrogens is 361 g/mol. The van der Waals surface area contributed by atoms with Crippen molar-refractivity contribution in [2.75, 3.05) is 26.7 Å². The van der Waals surface area contributed by atoms with Crippen molar-refractivity contribution < 1.29 is 22.7 Å². The van der Waals surface area contributed by atoms with Crippen LogP contribution in [-0.2, 0) is 12.8 Å². The van der Waals surface area contributed by atoms with Crippen molar-refractivity contribution in [1.82, 2.24) is 20.4 Å². The summed E-state index contributed by atoms with van der Waals surface area (Å²) in [4.78, 5) is 14.4. The van der Waals surface area contributed by atoms with E-state index in [1.54, 1.807) is 0 Å². The summed E-state index contributed by atoms with van der Waals surface area (Å²) >= 11 is 0. The van der Waals surface area contributed by atoms with Crippen LogP contribution in [0.15, 0.2) is 30.3 Å². The van der Waals surface area contributed by atoms with Gasteiger partial charge in [-0.15, -0.1) is 0 Å². The number of likely N-dealkylation sites (tertiary alicyclic amines) is 1. The van der Waals surface area contributed by atoms with Crippen LogP contribution in [-0.4, -0.2) is 47.7 Å². The monoisotopic (exact) mass is 382 g/mol. The minimum absolute atomic E-state index is 0.0188. The molecular formula is C18H21F3N4O2. The number of nitrogens with zero attached hydrogens (tertiary/aromatic N) is 2. The van der Waals surface area contributed by atoms with Crippen LogP contribution < -0.4 is 10.1 Å². The van der Waals surface area contributed by atoms with Crippen LogP contribution in [0.4, 0.5) is 13.2 Å². The molecule has 9 heteroatoms. The lowest BCUT2D eigenvalue weighted by atomic mass is 10.1. The molecule has 0 bridgehead atoms. The lowest BCUT2D eigenvalue weighted by molar-refractivity contribution is -0.137. The smallest absolute Gasteiger partial charge is 0.416 e. The number of rotatable bonds is 6. The first kappa shape index (κ1) is 19.2. The fourth-order valence-electron chi connectivity index (χ4n) is 3.00. The average molecular weight is 382 g/mol. The molecule has 0 spiro atoms. The number of hydrogen-bond acceptors (Lipinski definition) is 4. The van der Waals surface area contributed by atoms with Crippen molar-refractivity contribution in [2.24, 2.45) is 5.92 Å². The normalized spacial score (nSPS) is 17.9. The quantitative estimate of drug-likeness (QED) is 0.806. The highest BCUT2D eigenvalue weighted by Gasteiger charge is 2.30. The summed E-state index contributed by atoms with van der Waals surface area (Å²) in [5.41, 5.74) is -0.0515. The number of halogens is 3. The molecule has 1 aromatic carbocycles. The van der Waals surface area contributed by atoms with Crippen molar-refractivity contribution in [3.05, 3.63) is 47.3 Å². The summed E-state index contributed by atoms with van der Waals surface area (Å²) in [5.74, 6) is 0.239. The maximum Gasteiger partial charge on any atom is 0.416 e. The number of carbonyl (C=O) groups excluding carboxylic acids is 1. The molecule has 0 unspecified atom stereocenters. The lowest BCUT2D eigenvalue weighted by Gasteiger charge is -2.10. The molecule has 0 aliphatic carbocycles. The summed E-state index contributed by atoms with van der Waals surface area (Å²) in [5, 5.41) is 9.47. The van der Waals surface area contributed by atoms with Crippen molar-refractivity contribution in [2.45, 2.75) is 19.2 Å². The Kier molecular flexibility index (Phi) is 5.69. The van der Waals surface area contributed by atoms with Crippen molar-refractivity contribution in [1.29, 1.82) is 0 Å². The van der Waals surface area contributed by atoms with Crippen molar-refractivity contribution in [3.8, 4) is 5.75 Å². The highest BCUT2D eigenvalue weighted by Crippen LogP contribution is 2.31. The second-order valence-corrected chi connectivity index (χ2v) is 6.72. The molecule has 0 radical (unpaired) electrons. The molecule has 3 rings (SSSR count). The molecule has 1 aliphatic rings. The number of aromatic amines is 1. The standard InChI is InChI=1S/C18H21F3N4O2/c1-25-6-5-12(10-25)9-22-17(26)16-8-14(23-24-16)11-27-15-4-2-3-13(7-15)18(19,20)21/h2-4,7-8,12H,5-6,9-11H2,1H3,(H,22,26)(H,23,24)/t12-/m0/s1. The van der Waals surface area contributed by atoms with Crippen LogP contribution >= 0.6 is 0 Å².